The molecule has 1 aliphatic rings. The summed E-state index contributed by atoms with van der Waals surface area (Å²) in [5.41, 5.74) is 4.82. The molecule has 5 heteroatoms. The van der Waals surface area contributed by atoms with E-state index in [-0.39, 0.29) is 11.9 Å². The number of carbonyl (C=O) groups is 1. The van der Waals surface area contributed by atoms with Crippen LogP contribution in [0.4, 0.5) is 0 Å². The number of nitrogens with zero attached hydrogens (tertiary/aromatic N) is 2. The predicted molar refractivity (Wildman–Crippen MR) is 124 cm³/mol. The number of amides is 1. The van der Waals surface area contributed by atoms with Crippen molar-refractivity contribution in [3.8, 4) is 22.9 Å². The Morgan fingerprint density at radius 1 is 0.906 bits per heavy atom. The zero-order valence-electron chi connectivity index (χ0n) is 17.6. The molecule has 0 saturated heterocycles. The van der Waals surface area contributed by atoms with Crippen LogP contribution in [-0.4, -0.2) is 15.9 Å². The molecule has 1 amide bonds. The van der Waals surface area contributed by atoms with E-state index in [2.05, 4.69) is 33.5 Å². The smallest absolute Gasteiger partial charge is 0.251 e. The van der Waals surface area contributed by atoms with E-state index >= 15 is 0 Å². The van der Waals surface area contributed by atoms with Crippen molar-refractivity contribution >= 4 is 5.91 Å². The van der Waals surface area contributed by atoms with E-state index in [1.807, 2.05) is 60.7 Å². The van der Waals surface area contributed by atoms with Gasteiger partial charge in [0, 0.05) is 17.2 Å². The number of nitrogens with one attached hydrogen (secondary N) is 1. The lowest BCUT2D eigenvalue weighted by Gasteiger charge is -2.26. The van der Waals surface area contributed by atoms with Gasteiger partial charge in [0.1, 0.15) is 12.1 Å². The average molecular weight is 422 g/mol. The molecule has 1 aliphatic carbocycles. The highest BCUT2D eigenvalue weighted by Crippen LogP contribution is 2.30. The molecule has 0 radical (unpaired) electrons. The minimum absolute atomic E-state index is 0.0611. The highest BCUT2D eigenvalue weighted by Gasteiger charge is 2.21. The van der Waals surface area contributed by atoms with Crippen molar-refractivity contribution in [3.63, 3.8) is 0 Å². The van der Waals surface area contributed by atoms with Gasteiger partial charge in [-0.3, -0.25) is 4.79 Å². The molecule has 5 rings (SSSR count). The first-order valence-electron chi connectivity index (χ1n) is 10.8. The fourth-order valence-corrected chi connectivity index (χ4v) is 4.10. The van der Waals surface area contributed by atoms with Crippen molar-refractivity contribution in [2.24, 2.45) is 0 Å². The van der Waals surface area contributed by atoms with Crippen molar-refractivity contribution in [2.45, 2.75) is 25.3 Å². The second kappa shape index (κ2) is 9.02. The van der Waals surface area contributed by atoms with Crippen molar-refractivity contribution in [2.75, 3.05) is 0 Å². The second-order valence-corrected chi connectivity index (χ2v) is 7.85. The summed E-state index contributed by atoms with van der Waals surface area (Å²) in [6.45, 7) is 0. The van der Waals surface area contributed by atoms with Crippen LogP contribution in [0.15, 0.2) is 91.3 Å². The molecule has 3 aromatic carbocycles. The first-order valence-corrected chi connectivity index (χ1v) is 10.8. The Bertz CT molecular complexity index is 1220. The summed E-state index contributed by atoms with van der Waals surface area (Å²) in [5.74, 6) is 1.13. The molecule has 1 atom stereocenters. The van der Waals surface area contributed by atoms with Crippen LogP contribution in [0.1, 0.15) is 40.4 Å². The molecule has 0 unspecified atom stereocenters. The standard InChI is InChI=1S/C27H23N3O2/c31-27(30-24-12-6-8-19-7-4-5-11-23(19)24)21-15-13-20(14-16-21)25-17-26(29-18-28-25)32-22-9-2-1-3-10-22/h1-5,7,9-11,13-18,24H,6,8,12H2,(H,30,31)/t24-/m1/s1. The van der Waals surface area contributed by atoms with Crippen LogP contribution >= 0.6 is 0 Å². The molecule has 0 bridgehead atoms. The number of aromatic nitrogens is 2. The molecule has 0 spiro atoms. The number of ether oxygens (including phenoxy) is 1. The second-order valence-electron chi connectivity index (χ2n) is 7.85. The van der Waals surface area contributed by atoms with E-state index in [0.29, 0.717) is 17.2 Å². The topological polar surface area (TPSA) is 64.1 Å². The van der Waals surface area contributed by atoms with E-state index in [4.69, 9.17) is 4.74 Å². The number of rotatable bonds is 5. The number of benzene rings is 3. The number of hydrogen-bond donors (Lipinski definition) is 1. The molecule has 0 saturated carbocycles. The molecule has 1 heterocycles. The maximum atomic E-state index is 12.9. The molecule has 1 N–H and O–H groups in total. The van der Waals surface area contributed by atoms with Crippen LogP contribution < -0.4 is 10.1 Å². The zero-order chi connectivity index (χ0) is 21.8. The van der Waals surface area contributed by atoms with E-state index in [9.17, 15) is 4.79 Å². The Hall–Kier alpha value is -3.99. The number of para-hydroxylation sites is 1. The van der Waals surface area contributed by atoms with Crippen LogP contribution in [0.5, 0.6) is 11.6 Å². The van der Waals surface area contributed by atoms with Crippen LogP contribution in [-0.2, 0) is 6.42 Å². The molecule has 5 nitrogen and oxygen atoms in total. The number of hydrogen-bond acceptors (Lipinski definition) is 4. The quantitative estimate of drug-likeness (QED) is 0.446. The molecular formula is C27H23N3O2. The van der Waals surface area contributed by atoms with Gasteiger partial charge in [-0.25, -0.2) is 9.97 Å². The summed E-state index contributed by atoms with van der Waals surface area (Å²) in [7, 11) is 0. The Morgan fingerprint density at radius 2 is 1.69 bits per heavy atom. The third-order valence-corrected chi connectivity index (χ3v) is 5.73. The molecule has 158 valence electrons. The van der Waals surface area contributed by atoms with Gasteiger partial charge < -0.3 is 10.1 Å². The van der Waals surface area contributed by atoms with Gasteiger partial charge in [-0.15, -0.1) is 0 Å². The minimum Gasteiger partial charge on any atom is -0.439 e. The van der Waals surface area contributed by atoms with Crippen molar-refractivity contribution < 1.29 is 9.53 Å². The summed E-state index contributed by atoms with van der Waals surface area (Å²) < 4.78 is 5.80. The van der Waals surface area contributed by atoms with Gasteiger partial charge in [-0.05, 0) is 54.7 Å². The summed E-state index contributed by atoms with van der Waals surface area (Å²) >= 11 is 0. The lowest BCUT2D eigenvalue weighted by atomic mass is 9.87. The van der Waals surface area contributed by atoms with Crippen LogP contribution in [0, 0.1) is 0 Å². The molecule has 1 aromatic heterocycles. The third-order valence-electron chi connectivity index (χ3n) is 5.73. The van der Waals surface area contributed by atoms with Gasteiger partial charge >= 0.3 is 0 Å². The summed E-state index contributed by atoms with van der Waals surface area (Å²) in [5, 5.41) is 3.20. The average Bonchev–Trinajstić information content (AvgIpc) is 2.85. The maximum Gasteiger partial charge on any atom is 0.251 e. The molecule has 0 fully saturated rings. The van der Waals surface area contributed by atoms with E-state index in [1.165, 1.54) is 17.5 Å². The predicted octanol–water partition coefficient (Wildman–Crippen LogP) is 5.74. The first-order chi connectivity index (χ1) is 15.8. The zero-order valence-corrected chi connectivity index (χ0v) is 17.6. The SMILES string of the molecule is O=C(N[C@@H]1CCCc2ccccc21)c1ccc(-c2cc(Oc3ccccc3)ncn2)cc1. The van der Waals surface area contributed by atoms with Crippen LogP contribution in [0.25, 0.3) is 11.3 Å². The van der Waals surface area contributed by atoms with E-state index < -0.39 is 0 Å². The lowest BCUT2D eigenvalue weighted by Crippen LogP contribution is -2.30. The first kappa shape index (κ1) is 19.9. The third kappa shape index (κ3) is 4.37. The minimum atomic E-state index is -0.0611. The van der Waals surface area contributed by atoms with E-state index in [1.54, 1.807) is 6.07 Å². The van der Waals surface area contributed by atoms with Gasteiger partial charge in [-0.1, -0.05) is 54.6 Å². The van der Waals surface area contributed by atoms with Crippen molar-refractivity contribution in [1.29, 1.82) is 0 Å². The van der Waals surface area contributed by atoms with Gasteiger partial charge in [-0.2, -0.15) is 0 Å². The largest absolute Gasteiger partial charge is 0.439 e. The Kier molecular flexibility index (Phi) is 5.62. The Labute approximate surface area is 187 Å². The van der Waals surface area contributed by atoms with E-state index in [0.717, 1.165) is 30.5 Å². The highest BCUT2D eigenvalue weighted by atomic mass is 16.5. The van der Waals surface area contributed by atoms with Gasteiger partial charge in [0.15, 0.2) is 0 Å². The number of carbonyl (C=O) groups excluding carboxylic acids is 1. The number of fused-ring (bicyclic) bond motifs is 1. The van der Waals surface area contributed by atoms with Gasteiger partial charge in [0.05, 0.1) is 11.7 Å². The molecule has 0 aliphatic heterocycles. The lowest BCUT2D eigenvalue weighted by molar-refractivity contribution is 0.0933. The highest BCUT2D eigenvalue weighted by molar-refractivity contribution is 5.95. The Balaban J connectivity index is 1.29. The molecule has 32 heavy (non-hydrogen) atoms. The normalized spacial score (nSPS) is 14.9. The van der Waals surface area contributed by atoms with Crippen LogP contribution in [0.3, 0.4) is 0 Å². The van der Waals surface area contributed by atoms with Gasteiger partial charge in [0.2, 0.25) is 5.88 Å². The number of aryl methyl sites for hydroxylation is 1. The molecular weight excluding hydrogens is 398 g/mol. The summed E-state index contributed by atoms with van der Waals surface area (Å²) in [6, 6.07) is 27.2. The van der Waals surface area contributed by atoms with Gasteiger partial charge in [0.25, 0.3) is 5.91 Å². The van der Waals surface area contributed by atoms with Crippen LogP contribution in [0.2, 0.25) is 0 Å². The molecule has 4 aromatic rings. The maximum absolute atomic E-state index is 12.9. The van der Waals surface area contributed by atoms with Crippen molar-refractivity contribution in [1.82, 2.24) is 15.3 Å². The Morgan fingerprint density at radius 3 is 2.53 bits per heavy atom. The monoisotopic (exact) mass is 421 g/mol. The summed E-state index contributed by atoms with van der Waals surface area (Å²) in [6.07, 6.45) is 4.61. The van der Waals surface area contributed by atoms with Crippen molar-refractivity contribution in [3.05, 3.63) is 108 Å². The summed E-state index contributed by atoms with van der Waals surface area (Å²) in [4.78, 5) is 21.4. The fourth-order valence-electron chi connectivity index (χ4n) is 4.10. The fraction of sp³-hybridized carbons (Fsp3) is 0.148.